The van der Waals surface area contributed by atoms with Gasteiger partial charge in [0.2, 0.25) is 5.91 Å². The zero-order valence-corrected chi connectivity index (χ0v) is 12.1. The highest BCUT2D eigenvalue weighted by Gasteiger charge is 2.20. The lowest BCUT2D eigenvalue weighted by molar-refractivity contribution is -0.122. The van der Waals surface area contributed by atoms with Gasteiger partial charge in [0.1, 0.15) is 6.54 Å². The first-order chi connectivity index (χ1) is 8.70. The van der Waals surface area contributed by atoms with Crippen LogP contribution in [0, 0.1) is 11.3 Å². The second-order valence-electron chi connectivity index (χ2n) is 6.00. The zero-order valence-electron chi connectivity index (χ0n) is 12.1. The van der Waals surface area contributed by atoms with Crippen molar-refractivity contribution in [2.24, 2.45) is 11.3 Å². The second-order valence-corrected chi connectivity index (χ2v) is 6.00. The third-order valence-electron chi connectivity index (χ3n) is 3.40. The Bertz CT molecular complexity index is 500. The number of amides is 1. The lowest BCUT2D eigenvalue weighted by Crippen LogP contribution is -2.37. The predicted octanol–water partition coefficient (Wildman–Crippen LogP) is 1.23. The summed E-state index contributed by atoms with van der Waals surface area (Å²) in [6.45, 7) is 9.08. The van der Waals surface area contributed by atoms with Crippen LogP contribution < -0.4 is 16.6 Å². The minimum Gasteiger partial charge on any atom is -0.398 e. The first-order valence-electron chi connectivity index (χ1n) is 6.43. The zero-order chi connectivity index (χ0) is 14.6. The second kappa shape index (κ2) is 5.91. The van der Waals surface area contributed by atoms with Gasteiger partial charge in [-0.15, -0.1) is 0 Å². The van der Waals surface area contributed by atoms with Gasteiger partial charge in [-0.05, 0) is 17.4 Å². The molecule has 0 saturated heterocycles. The van der Waals surface area contributed by atoms with E-state index in [1.807, 2.05) is 0 Å². The number of carbonyl (C=O) groups excluding carboxylic acids is 1. The van der Waals surface area contributed by atoms with Crippen molar-refractivity contribution in [1.82, 2.24) is 9.88 Å². The molecular formula is C14H23N3O2. The molecule has 0 spiro atoms. The number of anilines is 1. The topological polar surface area (TPSA) is 77.1 Å². The predicted molar refractivity (Wildman–Crippen MR) is 76.7 cm³/mol. The molecule has 1 amide bonds. The van der Waals surface area contributed by atoms with Gasteiger partial charge in [0.25, 0.3) is 5.56 Å². The van der Waals surface area contributed by atoms with Gasteiger partial charge in [0, 0.05) is 24.5 Å². The molecule has 0 aliphatic rings. The summed E-state index contributed by atoms with van der Waals surface area (Å²) >= 11 is 0. The molecule has 5 heteroatoms. The monoisotopic (exact) mass is 265 g/mol. The first-order valence-corrected chi connectivity index (χ1v) is 6.43. The lowest BCUT2D eigenvalue weighted by atomic mass is 9.82. The maximum Gasteiger partial charge on any atom is 0.251 e. The van der Waals surface area contributed by atoms with E-state index < -0.39 is 0 Å². The summed E-state index contributed by atoms with van der Waals surface area (Å²) in [7, 11) is 0. The Balaban J connectivity index is 2.57. The summed E-state index contributed by atoms with van der Waals surface area (Å²) in [5.41, 5.74) is 5.97. The fraction of sp³-hybridized carbons (Fsp3) is 0.571. The Labute approximate surface area is 113 Å². The molecule has 1 aromatic heterocycles. The molecule has 0 aliphatic heterocycles. The Morgan fingerprint density at radius 2 is 2.05 bits per heavy atom. The molecule has 1 atom stereocenters. The minimum atomic E-state index is -0.229. The van der Waals surface area contributed by atoms with Gasteiger partial charge in [-0.25, -0.2) is 0 Å². The summed E-state index contributed by atoms with van der Waals surface area (Å²) in [6.07, 6.45) is 1.48. The quantitative estimate of drug-likeness (QED) is 0.859. The van der Waals surface area contributed by atoms with E-state index in [1.54, 1.807) is 0 Å². The van der Waals surface area contributed by atoms with Crippen molar-refractivity contribution in [3.05, 3.63) is 28.7 Å². The van der Waals surface area contributed by atoms with Crippen LogP contribution in [-0.2, 0) is 11.3 Å². The fourth-order valence-electron chi connectivity index (χ4n) is 1.46. The number of rotatable bonds is 4. The normalized spacial score (nSPS) is 13.1. The summed E-state index contributed by atoms with van der Waals surface area (Å²) < 4.78 is 1.31. The van der Waals surface area contributed by atoms with Gasteiger partial charge in [-0.3, -0.25) is 9.59 Å². The van der Waals surface area contributed by atoms with E-state index in [1.165, 1.54) is 22.9 Å². The molecule has 19 heavy (non-hydrogen) atoms. The number of carbonyl (C=O) groups is 1. The number of hydrogen-bond donors (Lipinski definition) is 2. The highest BCUT2D eigenvalue weighted by atomic mass is 16.2. The molecule has 1 heterocycles. The van der Waals surface area contributed by atoms with Crippen LogP contribution in [0.2, 0.25) is 0 Å². The Kier molecular flexibility index (Phi) is 4.75. The summed E-state index contributed by atoms with van der Waals surface area (Å²) in [6, 6.07) is 2.89. The molecule has 5 nitrogen and oxygen atoms in total. The van der Waals surface area contributed by atoms with Crippen molar-refractivity contribution in [3.8, 4) is 0 Å². The summed E-state index contributed by atoms with van der Waals surface area (Å²) in [5.74, 6) is 0.179. The van der Waals surface area contributed by atoms with Crippen LogP contribution in [0.5, 0.6) is 0 Å². The molecule has 0 saturated carbocycles. The Morgan fingerprint density at radius 3 is 2.63 bits per heavy atom. The SMILES string of the molecule is CC(CNC(=O)Cn1cc(N)ccc1=O)C(C)(C)C. The number of nitrogens with two attached hydrogens (primary N) is 1. The maximum absolute atomic E-state index is 11.8. The molecule has 1 aromatic rings. The molecule has 0 aromatic carbocycles. The average Bonchev–Trinajstić information content (AvgIpc) is 2.29. The van der Waals surface area contributed by atoms with Crippen molar-refractivity contribution in [2.75, 3.05) is 12.3 Å². The number of nitrogen functional groups attached to an aromatic ring is 1. The highest BCUT2D eigenvalue weighted by Crippen LogP contribution is 2.24. The molecule has 106 valence electrons. The number of nitrogens with zero attached hydrogens (tertiary/aromatic N) is 1. The standard InChI is InChI=1S/C14H23N3O2/c1-10(14(2,3)4)7-16-12(18)9-17-8-11(15)5-6-13(17)19/h5-6,8,10H,7,9,15H2,1-4H3,(H,16,18). The van der Waals surface area contributed by atoms with Crippen LogP contribution in [0.15, 0.2) is 23.1 Å². The maximum atomic E-state index is 11.8. The molecule has 1 unspecified atom stereocenters. The van der Waals surface area contributed by atoms with Gasteiger partial charge < -0.3 is 15.6 Å². The third-order valence-corrected chi connectivity index (χ3v) is 3.40. The van der Waals surface area contributed by atoms with E-state index in [-0.39, 0.29) is 23.4 Å². The molecular weight excluding hydrogens is 242 g/mol. The van der Waals surface area contributed by atoms with E-state index in [2.05, 4.69) is 33.0 Å². The van der Waals surface area contributed by atoms with E-state index in [0.717, 1.165) is 0 Å². The van der Waals surface area contributed by atoms with Crippen molar-refractivity contribution in [2.45, 2.75) is 34.2 Å². The lowest BCUT2D eigenvalue weighted by Gasteiger charge is -2.27. The summed E-state index contributed by atoms with van der Waals surface area (Å²) in [5, 5.41) is 2.84. The Hall–Kier alpha value is -1.78. The van der Waals surface area contributed by atoms with Gasteiger partial charge in [0.05, 0.1) is 0 Å². The third kappa shape index (κ3) is 4.77. The molecule has 0 aliphatic carbocycles. The van der Waals surface area contributed by atoms with Crippen molar-refractivity contribution < 1.29 is 4.79 Å². The first kappa shape index (κ1) is 15.3. The molecule has 0 fully saturated rings. The molecule has 0 radical (unpaired) electrons. The number of nitrogens with one attached hydrogen (secondary N) is 1. The summed E-state index contributed by atoms with van der Waals surface area (Å²) in [4.78, 5) is 23.3. The molecule has 0 bridgehead atoms. The van der Waals surface area contributed by atoms with Gasteiger partial charge >= 0.3 is 0 Å². The van der Waals surface area contributed by atoms with Crippen LogP contribution in [0.25, 0.3) is 0 Å². The van der Waals surface area contributed by atoms with E-state index in [0.29, 0.717) is 18.2 Å². The van der Waals surface area contributed by atoms with E-state index >= 15 is 0 Å². The average molecular weight is 265 g/mol. The Morgan fingerprint density at radius 1 is 1.42 bits per heavy atom. The van der Waals surface area contributed by atoms with Crippen LogP contribution in [0.4, 0.5) is 5.69 Å². The van der Waals surface area contributed by atoms with Crippen molar-refractivity contribution in [3.63, 3.8) is 0 Å². The van der Waals surface area contributed by atoms with Crippen LogP contribution >= 0.6 is 0 Å². The number of hydrogen-bond acceptors (Lipinski definition) is 3. The highest BCUT2D eigenvalue weighted by molar-refractivity contribution is 5.75. The van der Waals surface area contributed by atoms with Crippen molar-refractivity contribution in [1.29, 1.82) is 0 Å². The van der Waals surface area contributed by atoms with E-state index in [4.69, 9.17) is 5.73 Å². The fourth-order valence-corrected chi connectivity index (χ4v) is 1.46. The minimum absolute atomic E-state index is 0.000730. The van der Waals surface area contributed by atoms with E-state index in [9.17, 15) is 9.59 Å². The molecule has 3 N–H and O–H groups in total. The number of aromatic nitrogens is 1. The van der Waals surface area contributed by atoms with Crippen LogP contribution in [0.3, 0.4) is 0 Å². The van der Waals surface area contributed by atoms with Gasteiger partial charge in [-0.1, -0.05) is 27.7 Å². The smallest absolute Gasteiger partial charge is 0.251 e. The van der Waals surface area contributed by atoms with Crippen LogP contribution in [-0.4, -0.2) is 17.0 Å². The largest absolute Gasteiger partial charge is 0.398 e. The molecule has 1 rings (SSSR count). The van der Waals surface area contributed by atoms with Gasteiger partial charge in [-0.2, -0.15) is 0 Å². The van der Waals surface area contributed by atoms with Gasteiger partial charge in [0.15, 0.2) is 0 Å². The van der Waals surface area contributed by atoms with Crippen LogP contribution in [0.1, 0.15) is 27.7 Å². The van der Waals surface area contributed by atoms with Crippen molar-refractivity contribution >= 4 is 11.6 Å². The number of pyridine rings is 1.